The summed E-state index contributed by atoms with van der Waals surface area (Å²) in [5, 5.41) is 2.93. The normalized spacial score (nSPS) is 17.1. The Bertz CT molecular complexity index is 639. The number of rotatable bonds is 7. The van der Waals surface area contributed by atoms with Crippen LogP contribution >= 0.6 is 0 Å². The Labute approximate surface area is 137 Å². The first-order valence-electron chi connectivity index (χ1n) is 8.08. The number of sulfone groups is 1. The van der Waals surface area contributed by atoms with E-state index in [1.54, 1.807) is 18.2 Å². The molecule has 1 saturated carbocycles. The smallest absolute Gasteiger partial charge is 0.220 e. The predicted octanol–water partition coefficient (Wildman–Crippen LogP) is 3.00. The van der Waals surface area contributed by atoms with E-state index in [0.29, 0.717) is 12.0 Å². The maximum atomic E-state index is 14.1. The van der Waals surface area contributed by atoms with E-state index in [0.717, 1.165) is 31.9 Å². The quantitative estimate of drug-likeness (QED) is 0.829. The fourth-order valence-corrected chi connectivity index (χ4v) is 3.88. The molecule has 128 valence electrons. The molecule has 1 fully saturated rings. The lowest BCUT2D eigenvalue weighted by atomic mass is 9.91. The van der Waals surface area contributed by atoms with Gasteiger partial charge in [-0.25, -0.2) is 12.8 Å². The van der Waals surface area contributed by atoms with Crippen molar-refractivity contribution in [2.75, 3.05) is 12.0 Å². The van der Waals surface area contributed by atoms with Crippen molar-refractivity contribution < 1.29 is 17.6 Å². The van der Waals surface area contributed by atoms with Gasteiger partial charge in [-0.05, 0) is 31.2 Å². The molecule has 1 N–H and O–H groups in total. The Kier molecular flexibility index (Phi) is 6.16. The minimum Gasteiger partial charge on any atom is -0.349 e. The highest BCUT2D eigenvalue weighted by atomic mass is 32.2. The average molecular weight is 341 g/mol. The number of hydrogen-bond donors (Lipinski definition) is 1. The number of amides is 1. The molecule has 0 bridgehead atoms. The van der Waals surface area contributed by atoms with Crippen molar-refractivity contribution in [3.05, 3.63) is 35.6 Å². The van der Waals surface area contributed by atoms with Gasteiger partial charge in [-0.2, -0.15) is 0 Å². The summed E-state index contributed by atoms with van der Waals surface area (Å²) < 4.78 is 36.4. The Morgan fingerprint density at radius 1 is 1.30 bits per heavy atom. The fourth-order valence-electron chi connectivity index (χ4n) is 3.21. The molecule has 2 rings (SSSR count). The third-order valence-corrected chi connectivity index (χ3v) is 5.38. The van der Waals surface area contributed by atoms with Gasteiger partial charge in [0.15, 0.2) is 0 Å². The van der Waals surface area contributed by atoms with Crippen LogP contribution in [0.5, 0.6) is 0 Å². The summed E-state index contributed by atoms with van der Waals surface area (Å²) in [5.41, 5.74) is 0.524. The second-order valence-electron chi connectivity index (χ2n) is 6.34. The van der Waals surface area contributed by atoms with Gasteiger partial charge in [-0.15, -0.1) is 0 Å². The third kappa shape index (κ3) is 5.61. The maximum absolute atomic E-state index is 14.1. The molecule has 1 aliphatic rings. The fraction of sp³-hybridized carbons (Fsp3) is 0.588. The van der Waals surface area contributed by atoms with E-state index in [2.05, 4.69) is 5.32 Å². The number of nitrogens with one attached hydrogen (secondary N) is 1. The highest BCUT2D eigenvalue weighted by Gasteiger charge is 2.29. The molecule has 0 spiro atoms. The van der Waals surface area contributed by atoms with Crippen molar-refractivity contribution >= 4 is 15.7 Å². The molecule has 6 heteroatoms. The van der Waals surface area contributed by atoms with Gasteiger partial charge in [0.2, 0.25) is 5.91 Å². The molecule has 23 heavy (non-hydrogen) atoms. The standard InChI is InChI=1S/C17H24FNO3S/c1-23(21,22)12-6-11-16(20)19-17(13-7-2-3-8-13)14-9-4-5-10-15(14)18/h4-5,9-10,13,17H,2-3,6-8,11-12H2,1H3,(H,19,20)/t17-/m1/s1. The minimum absolute atomic E-state index is 0.00574. The van der Waals surface area contributed by atoms with E-state index in [1.807, 2.05) is 0 Å². The zero-order chi connectivity index (χ0) is 16.9. The molecule has 0 saturated heterocycles. The van der Waals surface area contributed by atoms with Crippen molar-refractivity contribution in [2.24, 2.45) is 5.92 Å². The van der Waals surface area contributed by atoms with Gasteiger partial charge in [0.05, 0.1) is 11.8 Å². The first kappa shape index (κ1) is 17.9. The van der Waals surface area contributed by atoms with E-state index in [9.17, 15) is 17.6 Å². The second-order valence-corrected chi connectivity index (χ2v) is 8.60. The van der Waals surface area contributed by atoms with Gasteiger partial charge < -0.3 is 5.32 Å². The van der Waals surface area contributed by atoms with Crippen LogP contribution in [0.2, 0.25) is 0 Å². The van der Waals surface area contributed by atoms with Gasteiger partial charge >= 0.3 is 0 Å². The number of hydrogen-bond acceptors (Lipinski definition) is 3. The summed E-state index contributed by atoms with van der Waals surface area (Å²) in [6.45, 7) is 0. The molecule has 4 nitrogen and oxygen atoms in total. The highest BCUT2D eigenvalue weighted by molar-refractivity contribution is 7.90. The molecule has 1 aromatic carbocycles. The molecule has 1 aromatic rings. The number of carbonyl (C=O) groups excluding carboxylic acids is 1. The lowest BCUT2D eigenvalue weighted by Crippen LogP contribution is -2.33. The van der Waals surface area contributed by atoms with Gasteiger partial charge in [0.1, 0.15) is 15.7 Å². The zero-order valence-electron chi connectivity index (χ0n) is 13.4. The van der Waals surface area contributed by atoms with Crippen LogP contribution in [0.4, 0.5) is 4.39 Å². The van der Waals surface area contributed by atoms with Gasteiger partial charge in [0.25, 0.3) is 0 Å². The topological polar surface area (TPSA) is 63.2 Å². The van der Waals surface area contributed by atoms with Crippen LogP contribution in [0, 0.1) is 11.7 Å². The highest BCUT2D eigenvalue weighted by Crippen LogP contribution is 2.36. The van der Waals surface area contributed by atoms with Crippen LogP contribution in [0.1, 0.15) is 50.1 Å². The average Bonchev–Trinajstić information content (AvgIpc) is 2.98. The summed E-state index contributed by atoms with van der Waals surface area (Å²) >= 11 is 0. The monoisotopic (exact) mass is 341 g/mol. The number of halogens is 1. The van der Waals surface area contributed by atoms with Crippen LogP contribution in [-0.2, 0) is 14.6 Å². The van der Waals surface area contributed by atoms with Crippen molar-refractivity contribution in [1.82, 2.24) is 5.32 Å². The largest absolute Gasteiger partial charge is 0.349 e. The predicted molar refractivity (Wildman–Crippen MR) is 88.2 cm³/mol. The summed E-state index contributed by atoms with van der Waals surface area (Å²) in [6.07, 6.45) is 5.74. The second kappa shape index (κ2) is 7.90. The summed E-state index contributed by atoms with van der Waals surface area (Å²) in [5.74, 6) is -0.283. The van der Waals surface area contributed by atoms with Gasteiger partial charge in [-0.1, -0.05) is 31.0 Å². The van der Waals surface area contributed by atoms with Gasteiger partial charge in [0, 0.05) is 18.2 Å². The van der Waals surface area contributed by atoms with E-state index < -0.39 is 9.84 Å². The van der Waals surface area contributed by atoms with Crippen molar-refractivity contribution in [1.29, 1.82) is 0 Å². The van der Waals surface area contributed by atoms with Gasteiger partial charge in [-0.3, -0.25) is 4.79 Å². The summed E-state index contributed by atoms with van der Waals surface area (Å²) in [4.78, 5) is 12.2. The van der Waals surface area contributed by atoms with Crippen LogP contribution in [0.3, 0.4) is 0 Å². The SMILES string of the molecule is CS(=O)(=O)CCCC(=O)N[C@@H](c1ccccc1F)C1CCCC1. The van der Waals surface area contributed by atoms with E-state index >= 15 is 0 Å². The van der Waals surface area contributed by atoms with Crippen molar-refractivity contribution in [3.8, 4) is 0 Å². The van der Waals surface area contributed by atoms with Crippen molar-refractivity contribution in [2.45, 2.75) is 44.6 Å². The maximum Gasteiger partial charge on any atom is 0.220 e. The Morgan fingerprint density at radius 2 is 1.96 bits per heavy atom. The molecular formula is C17H24FNO3S. The number of carbonyl (C=O) groups is 1. The minimum atomic E-state index is -3.06. The lowest BCUT2D eigenvalue weighted by molar-refractivity contribution is -0.122. The molecule has 0 aromatic heterocycles. The van der Waals surface area contributed by atoms with E-state index in [-0.39, 0.29) is 35.9 Å². The summed E-state index contributed by atoms with van der Waals surface area (Å²) in [6, 6.07) is 6.21. The van der Waals surface area contributed by atoms with Crippen LogP contribution in [0.25, 0.3) is 0 Å². The number of benzene rings is 1. The Hall–Kier alpha value is -1.43. The Morgan fingerprint density at radius 3 is 2.57 bits per heavy atom. The zero-order valence-corrected chi connectivity index (χ0v) is 14.2. The molecule has 1 aliphatic carbocycles. The van der Waals surface area contributed by atoms with Crippen LogP contribution < -0.4 is 5.32 Å². The molecule has 0 radical (unpaired) electrons. The van der Waals surface area contributed by atoms with Crippen LogP contribution in [0.15, 0.2) is 24.3 Å². The Balaban J connectivity index is 2.03. The molecule has 0 unspecified atom stereocenters. The van der Waals surface area contributed by atoms with E-state index in [4.69, 9.17) is 0 Å². The first-order valence-corrected chi connectivity index (χ1v) is 10.1. The van der Waals surface area contributed by atoms with E-state index in [1.165, 1.54) is 6.07 Å². The van der Waals surface area contributed by atoms with Crippen LogP contribution in [-0.4, -0.2) is 26.3 Å². The molecular weight excluding hydrogens is 317 g/mol. The molecule has 0 aliphatic heterocycles. The first-order chi connectivity index (χ1) is 10.9. The summed E-state index contributed by atoms with van der Waals surface area (Å²) in [7, 11) is -3.06. The molecule has 0 heterocycles. The molecule has 1 atom stereocenters. The molecule has 1 amide bonds. The van der Waals surface area contributed by atoms with Crippen molar-refractivity contribution in [3.63, 3.8) is 0 Å². The lowest BCUT2D eigenvalue weighted by Gasteiger charge is -2.25. The third-order valence-electron chi connectivity index (χ3n) is 4.35.